The van der Waals surface area contributed by atoms with Crippen LogP contribution in [0.2, 0.25) is 0 Å². The Morgan fingerprint density at radius 2 is 1.44 bits per heavy atom. The Hall–Kier alpha value is -4.14. The van der Waals surface area contributed by atoms with Crippen molar-refractivity contribution in [3.63, 3.8) is 0 Å². The number of benzene rings is 4. The zero-order chi connectivity index (χ0) is 27.7. The molecule has 0 bridgehead atoms. The molecule has 1 N–H and O–H groups in total. The molecule has 0 radical (unpaired) electrons. The number of aromatic nitrogens is 1. The lowest BCUT2D eigenvalue weighted by atomic mass is 10.1. The van der Waals surface area contributed by atoms with Crippen LogP contribution in [0.1, 0.15) is 15.9 Å². The molecule has 0 fully saturated rings. The van der Waals surface area contributed by atoms with E-state index < -0.39 is 16.1 Å². The summed E-state index contributed by atoms with van der Waals surface area (Å²) in [6.45, 7) is 1.88. The molecule has 0 aliphatic heterocycles. The number of carbonyl (C=O) groups excluding carboxylic acids is 1. The molecule has 0 aliphatic carbocycles. The number of carbonyl (C=O) groups is 1. The predicted molar refractivity (Wildman–Crippen MR) is 156 cm³/mol. The number of hydrogen-bond donors (Lipinski definition) is 1. The second kappa shape index (κ2) is 10.6. The van der Waals surface area contributed by atoms with Gasteiger partial charge in [0, 0.05) is 41.5 Å². The molecule has 0 unspecified atom stereocenters. The van der Waals surface area contributed by atoms with E-state index in [0.29, 0.717) is 11.3 Å². The fourth-order valence-electron chi connectivity index (χ4n) is 4.89. The van der Waals surface area contributed by atoms with Gasteiger partial charge in [0.2, 0.25) is 0 Å². The highest BCUT2D eigenvalue weighted by atomic mass is 32.2. The molecule has 5 rings (SSSR count). The van der Waals surface area contributed by atoms with Crippen molar-refractivity contribution >= 4 is 43.4 Å². The van der Waals surface area contributed by atoms with Crippen LogP contribution in [-0.2, 0) is 16.6 Å². The van der Waals surface area contributed by atoms with Gasteiger partial charge in [-0.05, 0) is 49.4 Å². The third-order valence-corrected chi connectivity index (χ3v) is 8.65. The van der Waals surface area contributed by atoms with E-state index in [1.54, 1.807) is 62.6 Å². The molecule has 1 heterocycles. The van der Waals surface area contributed by atoms with Gasteiger partial charge in [-0.1, -0.05) is 60.2 Å². The third-order valence-electron chi connectivity index (χ3n) is 6.85. The summed E-state index contributed by atoms with van der Waals surface area (Å²) in [4.78, 5) is 14.2. The summed E-state index contributed by atoms with van der Waals surface area (Å²) in [5, 5.41) is 13.5. The van der Waals surface area contributed by atoms with Crippen LogP contribution in [0, 0.1) is 6.92 Å². The number of rotatable bonds is 8. The van der Waals surface area contributed by atoms with Gasteiger partial charge in [-0.2, -0.15) is 0 Å². The number of para-hydroxylation sites is 2. The summed E-state index contributed by atoms with van der Waals surface area (Å²) in [5.74, 6) is -0.240. The second-order valence-corrected chi connectivity index (χ2v) is 11.8. The highest BCUT2D eigenvalue weighted by molar-refractivity contribution is 7.92. The Bertz CT molecular complexity index is 1710. The van der Waals surface area contributed by atoms with Gasteiger partial charge < -0.3 is 14.6 Å². The standard InChI is InChI=1S/C31H31N3O4S/c1-22-15-17-26(18-16-22)39(37,38)34(24-10-8-9-23(19-24)31(36)32(2)3)21-25(35)20-33-29-13-6-4-11-27(29)28-12-5-7-14-30(28)33/h4-19,25,35H,20-21H2,1-3H3/t25-/m1/s1. The van der Waals surface area contributed by atoms with Gasteiger partial charge in [0.25, 0.3) is 15.9 Å². The quantitative estimate of drug-likeness (QED) is 0.298. The molecule has 1 amide bonds. The SMILES string of the molecule is Cc1ccc(S(=O)(=O)N(C[C@H](O)Cn2c3ccccc3c3ccccc32)c2cccc(C(=O)N(C)C)c2)cc1. The summed E-state index contributed by atoms with van der Waals surface area (Å²) in [7, 11) is -0.765. The summed E-state index contributed by atoms with van der Waals surface area (Å²) in [6.07, 6.45) is -1.04. The van der Waals surface area contributed by atoms with Gasteiger partial charge >= 0.3 is 0 Å². The summed E-state index contributed by atoms with van der Waals surface area (Å²) >= 11 is 0. The first-order valence-corrected chi connectivity index (χ1v) is 14.2. The number of aliphatic hydroxyl groups is 1. The van der Waals surface area contributed by atoms with Crippen LogP contribution >= 0.6 is 0 Å². The van der Waals surface area contributed by atoms with Crippen molar-refractivity contribution in [2.45, 2.75) is 24.5 Å². The molecule has 200 valence electrons. The van der Waals surface area contributed by atoms with Gasteiger partial charge in [0.1, 0.15) is 0 Å². The van der Waals surface area contributed by atoms with Crippen molar-refractivity contribution in [3.05, 3.63) is 108 Å². The maximum atomic E-state index is 13.9. The zero-order valence-electron chi connectivity index (χ0n) is 22.2. The molecule has 7 nitrogen and oxygen atoms in total. The van der Waals surface area contributed by atoms with Gasteiger partial charge in [0.05, 0.1) is 29.8 Å². The first-order valence-electron chi connectivity index (χ1n) is 12.7. The molecule has 1 atom stereocenters. The molecular weight excluding hydrogens is 510 g/mol. The molecule has 39 heavy (non-hydrogen) atoms. The van der Waals surface area contributed by atoms with Crippen molar-refractivity contribution in [2.24, 2.45) is 0 Å². The molecule has 8 heteroatoms. The number of sulfonamides is 1. The zero-order valence-corrected chi connectivity index (χ0v) is 23.0. The van der Waals surface area contributed by atoms with Crippen molar-refractivity contribution in [1.29, 1.82) is 0 Å². The van der Waals surface area contributed by atoms with Crippen LogP contribution < -0.4 is 4.31 Å². The normalized spacial score (nSPS) is 12.5. The molecule has 0 saturated heterocycles. The lowest BCUT2D eigenvalue weighted by Gasteiger charge is -2.28. The Morgan fingerprint density at radius 3 is 2.03 bits per heavy atom. The van der Waals surface area contributed by atoms with Crippen LogP contribution in [0.4, 0.5) is 5.69 Å². The average molecular weight is 542 g/mol. The third kappa shape index (κ3) is 5.13. The second-order valence-electron chi connectivity index (χ2n) is 9.90. The Morgan fingerprint density at radius 1 is 0.846 bits per heavy atom. The summed E-state index contributed by atoms with van der Waals surface area (Å²) < 4.78 is 31.1. The highest BCUT2D eigenvalue weighted by Gasteiger charge is 2.28. The van der Waals surface area contributed by atoms with Crippen LogP contribution in [0.25, 0.3) is 21.8 Å². The molecule has 0 spiro atoms. The average Bonchev–Trinajstić information content (AvgIpc) is 3.25. The van der Waals surface area contributed by atoms with E-state index in [-0.39, 0.29) is 23.9 Å². The van der Waals surface area contributed by atoms with E-state index >= 15 is 0 Å². The van der Waals surface area contributed by atoms with Gasteiger partial charge in [0.15, 0.2) is 0 Å². The molecule has 4 aromatic carbocycles. The number of hydrogen-bond acceptors (Lipinski definition) is 4. The summed E-state index contributed by atoms with van der Waals surface area (Å²) in [5.41, 5.74) is 3.53. The van der Waals surface area contributed by atoms with Crippen molar-refractivity contribution < 1.29 is 18.3 Å². The van der Waals surface area contributed by atoms with Crippen LogP contribution in [-0.4, -0.2) is 55.6 Å². The molecule has 0 saturated carbocycles. The number of amides is 1. The van der Waals surface area contributed by atoms with E-state index in [4.69, 9.17) is 0 Å². The van der Waals surface area contributed by atoms with Crippen molar-refractivity contribution in [3.8, 4) is 0 Å². The minimum absolute atomic E-state index is 0.113. The van der Waals surface area contributed by atoms with Crippen LogP contribution in [0.15, 0.2) is 102 Å². The predicted octanol–water partition coefficient (Wildman–Crippen LogP) is 5.06. The Kier molecular flexibility index (Phi) is 7.16. The van der Waals surface area contributed by atoms with Gasteiger partial charge in [-0.25, -0.2) is 8.42 Å². The number of aliphatic hydroxyl groups excluding tert-OH is 1. The summed E-state index contributed by atoms with van der Waals surface area (Å²) in [6, 6.07) is 29.1. The Balaban J connectivity index is 1.55. The van der Waals surface area contributed by atoms with E-state index in [0.717, 1.165) is 27.4 Å². The van der Waals surface area contributed by atoms with Gasteiger partial charge in [-0.3, -0.25) is 9.10 Å². The maximum Gasteiger partial charge on any atom is 0.264 e. The van der Waals surface area contributed by atoms with Crippen LogP contribution in [0.3, 0.4) is 0 Å². The topological polar surface area (TPSA) is 82.8 Å². The smallest absolute Gasteiger partial charge is 0.264 e. The molecule has 1 aromatic heterocycles. The minimum atomic E-state index is -4.05. The number of aryl methyl sites for hydroxylation is 1. The lowest BCUT2D eigenvalue weighted by molar-refractivity contribution is 0.0827. The highest BCUT2D eigenvalue weighted by Crippen LogP contribution is 2.30. The van der Waals surface area contributed by atoms with E-state index in [1.807, 2.05) is 60.0 Å². The molecular formula is C31H31N3O4S. The van der Waals surface area contributed by atoms with Crippen molar-refractivity contribution in [2.75, 3.05) is 24.9 Å². The number of fused-ring (bicyclic) bond motifs is 3. The molecule has 5 aromatic rings. The fraction of sp³-hybridized carbons (Fsp3) is 0.194. The number of anilines is 1. The first kappa shape index (κ1) is 26.5. The molecule has 0 aliphatic rings. The monoisotopic (exact) mass is 541 g/mol. The maximum absolute atomic E-state index is 13.9. The largest absolute Gasteiger partial charge is 0.389 e. The fourth-order valence-corrected chi connectivity index (χ4v) is 6.39. The van der Waals surface area contributed by atoms with E-state index in [2.05, 4.69) is 0 Å². The Labute approximate surface area is 228 Å². The number of nitrogens with zero attached hydrogens (tertiary/aromatic N) is 3. The minimum Gasteiger partial charge on any atom is -0.389 e. The first-order chi connectivity index (χ1) is 18.7. The van der Waals surface area contributed by atoms with E-state index in [1.165, 1.54) is 9.21 Å². The van der Waals surface area contributed by atoms with Crippen molar-refractivity contribution in [1.82, 2.24) is 9.47 Å². The van der Waals surface area contributed by atoms with E-state index in [9.17, 15) is 18.3 Å². The van der Waals surface area contributed by atoms with Gasteiger partial charge in [-0.15, -0.1) is 0 Å². The lowest BCUT2D eigenvalue weighted by Crippen LogP contribution is -2.39. The van der Waals surface area contributed by atoms with Crippen LogP contribution in [0.5, 0.6) is 0 Å².